The normalized spacial score (nSPS) is 12.2. The molecule has 0 radical (unpaired) electrons. The van der Waals surface area contributed by atoms with E-state index in [-0.39, 0.29) is 46.9 Å². The van der Waals surface area contributed by atoms with E-state index in [2.05, 4.69) is 4.98 Å². The molecule has 0 saturated carbocycles. The summed E-state index contributed by atoms with van der Waals surface area (Å²) in [6.45, 7) is 2.25. The number of carboxylic acids is 1. The molecule has 32 heavy (non-hydrogen) atoms. The number of pyridine rings is 2. The van der Waals surface area contributed by atoms with Gasteiger partial charge in [-0.25, -0.2) is 9.18 Å². The lowest BCUT2D eigenvalue weighted by molar-refractivity contribution is -0.134. The maximum atomic E-state index is 13.3. The smallest absolute Gasteiger partial charge is 0.373 e. The number of carbonyl (C=O) groups excluding carboxylic acids is 1. The van der Waals surface area contributed by atoms with Gasteiger partial charge in [0.05, 0.1) is 12.8 Å². The van der Waals surface area contributed by atoms with Crippen molar-refractivity contribution in [1.82, 2.24) is 9.55 Å². The van der Waals surface area contributed by atoms with E-state index < -0.39 is 17.3 Å². The summed E-state index contributed by atoms with van der Waals surface area (Å²) in [6, 6.07) is 5.80. The molecule has 164 valence electrons. The van der Waals surface area contributed by atoms with E-state index in [9.17, 15) is 23.9 Å². The maximum absolute atomic E-state index is 13.3. The molecule has 3 aromatic rings. The van der Waals surface area contributed by atoms with E-state index in [1.54, 1.807) is 12.1 Å². The van der Waals surface area contributed by atoms with Crippen molar-refractivity contribution in [2.45, 2.75) is 26.2 Å². The van der Waals surface area contributed by atoms with E-state index in [1.165, 1.54) is 18.3 Å². The number of nitrogens with zero attached hydrogens (tertiary/aromatic N) is 2. The number of aromatic nitrogens is 2. The molecule has 1 aliphatic heterocycles. The van der Waals surface area contributed by atoms with Gasteiger partial charge in [0.1, 0.15) is 22.4 Å². The Balaban J connectivity index is 1.96. The maximum Gasteiger partial charge on any atom is 0.373 e. The summed E-state index contributed by atoms with van der Waals surface area (Å²) >= 11 is 0. The summed E-state index contributed by atoms with van der Waals surface area (Å²) in [4.78, 5) is 40.8. The quantitative estimate of drug-likeness (QED) is 0.424. The Morgan fingerprint density at radius 3 is 2.72 bits per heavy atom. The lowest BCUT2D eigenvalue weighted by Crippen LogP contribution is -2.27. The molecular weight excluding hydrogens is 419 g/mol. The van der Waals surface area contributed by atoms with E-state index in [1.807, 2.05) is 6.92 Å². The zero-order valence-electron chi connectivity index (χ0n) is 17.1. The van der Waals surface area contributed by atoms with Gasteiger partial charge in [0, 0.05) is 18.2 Å². The largest absolute Gasteiger partial charge is 0.490 e. The van der Waals surface area contributed by atoms with Crippen molar-refractivity contribution in [2.24, 2.45) is 0 Å². The van der Waals surface area contributed by atoms with Gasteiger partial charge in [-0.3, -0.25) is 19.1 Å². The Bertz CT molecular complexity index is 1310. The molecule has 3 heterocycles. The minimum atomic E-state index is -1.38. The molecule has 9 heteroatoms. The second-order valence-corrected chi connectivity index (χ2v) is 7.25. The van der Waals surface area contributed by atoms with Gasteiger partial charge in [0.2, 0.25) is 5.76 Å². The van der Waals surface area contributed by atoms with E-state index in [0.29, 0.717) is 18.3 Å². The minimum absolute atomic E-state index is 0.0371. The van der Waals surface area contributed by atoms with E-state index in [4.69, 9.17) is 9.47 Å². The predicted molar refractivity (Wildman–Crippen MR) is 114 cm³/mol. The van der Waals surface area contributed by atoms with Crippen molar-refractivity contribution in [2.75, 3.05) is 6.61 Å². The number of aliphatic carboxylic acids is 1. The number of halogens is 1. The molecule has 0 aliphatic carbocycles. The molecular formula is C23H19FN2O6. The summed E-state index contributed by atoms with van der Waals surface area (Å²) in [5.74, 6) is -2.09. The van der Waals surface area contributed by atoms with Crippen molar-refractivity contribution < 1.29 is 28.6 Å². The Kier molecular flexibility index (Phi) is 5.72. The zero-order valence-corrected chi connectivity index (χ0v) is 17.1. The molecule has 0 atom stereocenters. The fraction of sp³-hybridized carbons (Fsp3) is 0.217. The molecule has 0 fully saturated rings. The summed E-state index contributed by atoms with van der Waals surface area (Å²) < 4.78 is 25.7. The molecule has 0 unspecified atom stereocenters. The molecule has 0 amide bonds. The first-order chi connectivity index (χ1) is 15.4. The molecule has 2 aromatic heterocycles. The molecule has 1 aromatic carbocycles. The number of aldehydes is 1. The SMILES string of the molecule is CCCCOc1c(C=O)c(=O)n2c3c(c(Cc4ccc(F)cc4)cnc13)OC(C(=O)O)=C2. The molecule has 1 N–H and O–H groups in total. The summed E-state index contributed by atoms with van der Waals surface area (Å²) in [5.41, 5.74) is 0.654. The van der Waals surface area contributed by atoms with Gasteiger partial charge in [0.25, 0.3) is 5.56 Å². The highest BCUT2D eigenvalue weighted by molar-refractivity contribution is 5.99. The number of carboxylic acid groups (broad SMARTS) is 1. The first-order valence-corrected chi connectivity index (χ1v) is 10.00. The average Bonchev–Trinajstić information content (AvgIpc) is 2.79. The van der Waals surface area contributed by atoms with Crippen LogP contribution in [0.2, 0.25) is 0 Å². The van der Waals surface area contributed by atoms with Crippen LogP contribution in [-0.4, -0.2) is 33.5 Å². The minimum Gasteiger partial charge on any atom is -0.490 e. The van der Waals surface area contributed by atoms with Gasteiger partial charge in [0.15, 0.2) is 17.8 Å². The summed E-state index contributed by atoms with van der Waals surface area (Å²) in [7, 11) is 0. The number of hydrogen-bond donors (Lipinski definition) is 1. The molecule has 0 spiro atoms. The van der Waals surface area contributed by atoms with Crippen molar-refractivity contribution in [1.29, 1.82) is 0 Å². The van der Waals surface area contributed by atoms with Crippen molar-refractivity contribution in [3.63, 3.8) is 0 Å². The third-order valence-electron chi connectivity index (χ3n) is 5.07. The summed E-state index contributed by atoms with van der Waals surface area (Å²) in [6.07, 6.45) is 4.68. The second-order valence-electron chi connectivity index (χ2n) is 7.25. The van der Waals surface area contributed by atoms with Crippen LogP contribution in [0.15, 0.2) is 41.0 Å². The Morgan fingerprint density at radius 2 is 2.06 bits per heavy atom. The van der Waals surface area contributed by atoms with Crippen LogP contribution in [0, 0.1) is 5.82 Å². The number of benzene rings is 1. The third kappa shape index (κ3) is 3.73. The van der Waals surface area contributed by atoms with Crippen LogP contribution in [0.3, 0.4) is 0 Å². The Hall–Kier alpha value is -4.01. The van der Waals surface area contributed by atoms with Gasteiger partial charge in [-0.2, -0.15) is 0 Å². The van der Waals surface area contributed by atoms with Crippen molar-refractivity contribution >= 4 is 29.5 Å². The van der Waals surface area contributed by atoms with Crippen LogP contribution in [0.1, 0.15) is 41.3 Å². The van der Waals surface area contributed by atoms with Gasteiger partial charge < -0.3 is 14.6 Å². The topological polar surface area (TPSA) is 108 Å². The monoisotopic (exact) mass is 438 g/mol. The van der Waals surface area contributed by atoms with E-state index in [0.717, 1.165) is 22.8 Å². The zero-order chi connectivity index (χ0) is 22.8. The van der Waals surface area contributed by atoms with Crippen LogP contribution in [-0.2, 0) is 11.2 Å². The van der Waals surface area contributed by atoms with Crippen LogP contribution >= 0.6 is 0 Å². The van der Waals surface area contributed by atoms with Crippen LogP contribution < -0.4 is 15.0 Å². The Labute approximate surface area is 181 Å². The number of unbranched alkanes of at least 4 members (excludes halogenated alkanes) is 1. The second kappa shape index (κ2) is 8.62. The number of ether oxygens (including phenoxy) is 2. The molecule has 8 nitrogen and oxygen atoms in total. The molecule has 4 rings (SSSR count). The third-order valence-corrected chi connectivity index (χ3v) is 5.07. The highest BCUT2D eigenvalue weighted by atomic mass is 19.1. The predicted octanol–water partition coefficient (Wildman–Crippen LogP) is 3.39. The highest BCUT2D eigenvalue weighted by Gasteiger charge is 2.29. The lowest BCUT2D eigenvalue weighted by Gasteiger charge is -2.22. The number of carbonyl (C=O) groups is 2. The average molecular weight is 438 g/mol. The van der Waals surface area contributed by atoms with Crippen molar-refractivity contribution in [3.05, 3.63) is 69.1 Å². The van der Waals surface area contributed by atoms with E-state index >= 15 is 0 Å². The number of hydrogen-bond acceptors (Lipinski definition) is 6. The molecule has 0 bridgehead atoms. The van der Waals surface area contributed by atoms with Crippen LogP contribution in [0.4, 0.5) is 4.39 Å². The molecule has 1 aliphatic rings. The van der Waals surface area contributed by atoms with Gasteiger partial charge in [-0.1, -0.05) is 25.5 Å². The fourth-order valence-corrected chi connectivity index (χ4v) is 3.47. The van der Waals surface area contributed by atoms with Crippen molar-refractivity contribution in [3.8, 4) is 11.5 Å². The lowest BCUT2D eigenvalue weighted by atomic mass is 10.0. The van der Waals surface area contributed by atoms with Crippen LogP contribution in [0.5, 0.6) is 11.5 Å². The highest BCUT2D eigenvalue weighted by Crippen LogP contribution is 2.38. The standard InChI is InChI=1S/C23H19FN2O6/c1-2-3-8-31-21-16(12-27)22(28)26-11-17(23(29)30)32-20-14(10-25-18(21)19(20)26)9-13-4-6-15(24)7-5-13/h4-7,10-12H,2-3,8-9H2,1H3,(H,29,30). The first-order valence-electron chi connectivity index (χ1n) is 10.00. The van der Waals surface area contributed by atoms with Crippen LogP contribution in [0.25, 0.3) is 17.2 Å². The summed E-state index contributed by atoms with van der Waals surface area (Å²) in [5, 5.41) is 9.49. The number of rotatable bonds is 8. The fourth-order valence-electron chi connectivity index (χ4n) is 3.47. The molecule has 0 saturated heterocycles. The first kappa shape index (κ1) is 21.2. The van der Waals surface area contributed by atoms with Gasteiger partial charge >= 0.3 is 5.97 Å². The van der Waals surface area contributed by atoms with Gasteiger partial charge in [-0.15, -0.1) is 0 Å². The van der Waals surface area contributed by atoms with Gasteiger partial charge in [-0.05, 0) is 24.1 Å². The Morgan fingerprint density at radius 1 is 1.31 bits per heavy atom.